The lowest BCUT2D eigenvalue weighted by Gasteiger charge is -2.11. The van der Waals surface area contributed by atoms with Gasteiger partial charge in [0.05, 0.1) is 23.1 Å². The number of hydrogen-bond acceptors (Lipinski definition) is 2. The Balaban J connectivity index is 1.91. The number of pyridine rings is 1. The molecule has 116 valence electrons. The molecule has 0 atom stereocenters. The zero-order chi connectivity index (χ0) is 16.0. The Morgan fingerprint density at radius 3 is 2.78 bits per heavy atom. The molecule has 0 saturated carbocycles. The summed E-state index contributed by atoms with van der Waals surface area (Å²) < 4.78 is 4.43. The molecule has 23 heavy (non-hydrogen) atoms. The van der Waals surface area contributed by atoms with Crippen molar-refractivity contribution in [2.75, 3.05) is 14.1 Å². The maximum absolute atomic E-state index is 4.50. The molecule has 0 unspecified atom stereocenters. The van der Waals surface area contributed by atoms with Crippen molar-refractivity contribution in [2.24, 2.45) is 0 Å². The van der Waals surface area contributed by atoms with E-state index in [1.54, 1.807) is 0 Å². The van der Waals surface area contributed by atoms with Crippen molar-refractivity contribution >= 4 is 16.6 Å². The van der Waals surface area contributed by atoms with Gasteiger partial charge < -0.3 is 13.9 Å². The molecule has 4 heteroatoms. The number of imidazole rings is 1. The lowest BCUT2D eigenvalue weighted by molar-refractivity contribution is 0.395. The summed E-state index contributed by atoms with van der Waals surface area (Å²) in [6.45, 7) is 3.03. The molecule has 0 amide bonds. The molecule has 3 heterocycles. The highest BCUT2D eigenvalue weighted by Gasteiger charge is 2.09. The van der Waals surface area contributed by atoms with E-state index in [9.17, 15) is 0 Å². The Kier molecular flexibility index (Phi) is 3.20. The highest BCUT2D eigenvalue weighted by Crippen LogP contribution is 2.24. The minimum atomic E-state index is 0.871. The number of nitrogens with zero attached hydrogens (tertiary/aromatic N) is 4. The van der Waals surface area contributed by atoms with Gasteiger partial charge in [-0.3, -0.25) is 0 Å². The number of aryl methyl sites for hydroxylation is 1. The molecule has 4 aromatic rings. The third kappa shape index (κ3) is 2.32. The molecule has 3 aromatic heterocycles. The lowest BCUT2D eigenvalue weighted by Crippen LogP contribution is -2.12. The zero-order valence-corrected chi connectivity index (χ0v) is 13.7. The first kappa shape index (κ1) is 14.0. The highest BCUT2D eigenvalue weighted by molar-refractivity contribution is 5.84. The summed E-state index contributed by atoms with van der Waals surface area (Å²) in [6.07, 6.45) is 6.27. The Bertz CT molecular complexity index is 991. The summed E-state index contributed by atoms with van der Waals surface area (Å²) >= 11 is 0. The van der Waals surface area contributed by atoms with Gasteiger partial charge in [-0.25, -0.2) is 4.98 Å². The summed E-state index contributed by atoms with van der Waals surface area (Å²) in [5, 5.41) is 1.27. The summed E-state index contributed by atoms with van der Waals surface area (Å²) in [4.78, 5) is 6.66. The molecule has 0 bridgehead atoms. The molecule has 4 rings (SSSR count). The second-order valence-corrected chi connectivity index (χ2v) is 6.30. The van der Waals surface area contributed by atoms with Gasteiger partial charge in [0.2, 0.25) is 0 Å². The maximum atomic E-state index is 4.50. The molecule has 0 fully saturated rings. The molecule has 1 aromatic carbocycles. The average Bonchev–Trinajstić information content (AvgIpc) is 3.12. The van der Waals surface area contributed by atoms with Crippen LogP contribution in [0.15, 0.2) is 55.0 Å². The third-order valence-electron chi connectivity index (χ3n) is 4.24. The van der Waals surface area contributed by atoms with Crippen LogP contribution in [0.25, 0.3) is 22.2 Å². The predicted octanol–water partition coefficient (Wildman–Crippen LogP) is 3.65. The van der Waals surface area contributed by atoms with Crippen molar-refractivity contribution in [3.8, 4) is 5.69 Å². The van der Waals surface area contributed by atoms with E-state index in [2.05, 4.69) is 88.7 Å². The van der Waals surface area contributed by atoms with Crippen LogP contribution < -0.4 is 0 Å². The lowest BCUT2D eigenvalue weighted by atomic mass is 10.2. The normalized spacial score (nSPS) is 11.8. The number of rotatable bonds is 3. The molecule has 0 aliphatic rings. The summed E-state index contributed by atoms with van der Waals surface area (Å²) in [5.41, 5.74) is 5.88. The van der Waals surface area contributed by atoms with Gasteiger partial charge in [-0.1, -0.05) is 18.2 Å². The first-order valence-electron chi connectivity index (χ1n) is 7.81. The van der Waals surface area contributed by atoms with Gasteiger partial charge in [0.1, 0.15) is 5.65 Å². The SMILES string of the molecule is Cc1cccc2ccn(-c3ccc4ncc(CN(C)C)n4c3)c12. The molecule has 0 spiro atoms. The van der Waals surface area contributed by atoms with Crippen molar-refractivity contribution < 1.29 is 0 Å². The second-order valence-electron chi connectivity index (χ2n) is 6.30. The first-order chi connectivity index (χ1) is 11.1. The van der Waals surface area contributed by atoms with Gasteiger partial charge in [0.25, 0.3) is 0 Å². The van der Waals surface area contributed by atoms with Crippen LogP contribution >= 0.6 is 0 Å². The molecular formula is C19H20N4. The van der Waals surface area contributed by atoms with E-state index in [1.807, 2.05) is 6.20 Å². The van der Waals surface area contributed by atoms with E-state index in [1.165, 1.54) is 22.2 Å². The molecule has 4 nitrogen and oxygen atoms in total. The standard InChI is InChI=1S/C19H20N4/c1-14-5-4-6-15-9-10-22(19(14)15)16-7-8-18-20-11-17(12-21(2)3)23(18)13-16/h4-11,13H,12H2,1-3H3. The average molecular weight is 304 g/mol. The van der Waals surface area contributed by atoms with Crippen LogP contribution in [0.5, 0.6) is 0 Å². The second kappa shape index (κ2) is 5.25. The van der Waals surface area contributed by atoms with Gasteiger partial charge in [0.15, 0.2) is 0 Å². The van der Waals surface area contributed by atoms with Gasteiger partial charge in [-0.2, -0.15) is 0 Å². The number of fused-ring (bicyclic) bond motifs is 2. The smallest absolute Gasteiger partial charge is 0.137 e. The molecule has 0 aliphatic heterocycles. The van der Waals surface area contributed by atoms with Crippen molar-refractivity contribution in [3.63, 3.8) is 0 Å². The van der Waals surface area contributed by atoms with Crippen LogP contribution in [-0.4, -0.2) is 32.9 Å². The van der Waals surface area contributed by atoms with Gasteiger partial charge in [-0.15, -0.1) is 0 Å². The fourth-order valence-electron chi connectivity index (χ4n) is 3.19. The van der Waals surface area contributed by atoms with Crippen LogP contribution in [-0.2, 0) is 6.54 Å². The highest BCUT2D eigenvalue weighted by atomic mass is 15.1. The topological polar surface area (TPSA) is 25.5 Å². The van der Waals surface area contributed by atoms with Crippen molar-refractivity contribution in [3.05, 3.63) is 66.2 Å². The monoisotopic (exact) mass is 304 g/mol. The molecule has 0 saturated heterocycles. The summed E-state index contributed by atoms with van der Waals surface area (Å²) in [7, 11) is 4.15. The Labute approximate surface area is 135 Å². The van der Waals surface area contributed by atoms with Crippen molar-refractivity contribution in [1.82, 2.24) is 18.9 Å². The minimum Gasteiger partial charge on any atom is -0.315 e. The van der Waals surface area contributed by atoms with Crippen LogP contribution in [0.2, 0.25) is 0 Å². The van der Waals surface area contributed by atoms with Gasteiger partial charge >= 0.3 is 0 Å². The van der Waals surface area contributed by atoms with Crippen LogP contribution in [0.4, 0.5) is 0 Å². The summed E-state index contributed by atoms with van der Waals surface area (Å²) in [6, 6.07) is 12.8. The van der Waals surface area contributed by atoms with Crippen LogP contribution in [0, 0.1) is 6.92 Å². The number of aromatic nitrogens is 3. The number of benzene rings is 1. The van der Waals surface area contributed by atoms with E-state index >= 15 is 0 Å². The quantitative estimate of drug-likeness (QED) is 0.577. The molecule has 0 aliphatic carbocycles. The van der Waals surface area contributed by atoms with E-state index in [0.29, 0.717) is 0 Å². The van der Waals surface area contributed by atoms with Crippen molar-refractivity contribution in [2.45, 2.75) is 13.5 Å². The van der Waals surface area contributed by atoms with E-state index in [-0.39, 0.29) is 0 Å². The Morgan fingerprint density at radius 2 is 1.96 bits per heavy atom. The van der Waals surface area contributed by atoms with E-state index in [0.717, 1.165) is 17.9 Å². The van der Waals surface area contributed by atoms with E-state index in [4.69, 9.17) is 0 Å². The Hall–Kier alpha value is -2.59. The van der Waals surface area contributed by atoms with E-state index < -0.39 is 0 Å². The maximum Gasteiger partial charge on any atom is 0.137 e. The fourth-order valence-corrected chi connectivity index (χ4v) is 3.19. The zero-order valence-electron chi connectivity index (χ0n) is 13.7. The van der Waals surface area contributed by atoms with Gasteiger partial charge in [-0.05, 0) is 44.8 Å². The number of para-hydroxylation sites is 1. The number of hydrogen-bond donors (Lipinski definition) is 0. The van der Waals surface area contributed by atoms with Crippen molar-refractivity contribution in [1.29, 1.82) is 0 Å². The fraction of sp³-hybridized carbons (Fsp3) is 0.211. The Morgan fingerprint density at radius 1 is 1.09 bits per heavy atom. The predicted molar refractivity (Wildman–Crippen MR) is 94.2 cm³/mol. The largest absolute Gasteiger partial charge is 0.315 e. The van der Waals surface area contributed by atoms with Gasteiger partial charge in [0, 0.05) is 24.3 Å². The third-order valence-corrected chi connectivity index (χ3v) is 4.24. The van der Waals surface area contributed by atoms with Crippen LogP contribution in [0.1, 0.15) is 11.3 Å². The molecule has 0 radical (unpaired) electrons. The summed E-state index contributed by atoms with van der Waals surface area (Å²) in [5.74, 6) is 0. The minimum absolute atomic E-state index is 0.871. The van der Waals surface area contributed by atoms with Crippen LogP contribution in [0.3, 0.4) is 0 Å². The molecular weight excluding hydrogens is 284 g/mol. The first-order valence-corrected chi connectivity index (χ1v) is 7.81. The molecule has 0 N–H and O–H groups in total.